The van der Waals surface area contributed by atoms with Crippen LogP contribution in [-0.2, 0) is 4.74 Å². The summed E-state index contributed by atoms with van der Waals surface area (Å²) in [4.78, 5) is 0. The van der Waals surface area contributed by atoms with Crippen LogP contribution in [0.15, 0.2) is 12.1 Å². The van der Waals surface area contributed by atoms with Gasteiger partial charge in [-0.25, -0.2) is 13.2 Å². The number of unbranched alkanes of at least 4 members (excludes halogenated alkanes) is 7. The van der Waals surface area contributed by atoms with Gasteiger partial charge in [-0.15, -0.1) is 0 Å². The maximum Gasteiger partial charge on any atom is 0.283 e. The van der Waals surface area contributed by atoms with Gasteiger partial charge in [0, 0.05) is 13.0 Å². The summed E-state index contributed by atoms with van der Waals surface area (Å²) in [6.45, 7) is 3.95. The summed E-state index contributed by atoms with van der Waals surface area (Å²) < 4.78 is 70.0. The Kier molecular flexibility index (Phi) is 13.9. The van der Waals surface area contributed by atoms with E-state index in [4.69, 9.17) is 9.47 Å². The fourth-order valence-corrected chi connectivity index (χ4v) is 6.46. The fraction of sp³-hybridized carbons (Fsp3) is 0.818. The third kappa shape index (κ3) is 10.9. The van der Waals surface area contributed by atoms with Crippen LogP contribution in [0.2, 0.25) is 0 Å². The van der Waals surface area contributed by atoms with Crippen molar-refractivity contribution in [2.24, 2.45) is 11.8 Å². The lowest BCUT2D eigenvalue weighted by Crippen LogP contribution is -2.35. The maximum absolute atomic E-state index is 14.9. The van der Waals surface area contributed by atoms with Gasteiger partial charge in [0.25, 0.3) is 5.92 Å². The van der Waals surface area contributed by atoms with Crippen molar-refractivity contribution in [3.05, 3.63) is 29.3 Å². The van der Waals surface area contributed by atoms with Crippen molar-refractivity contribution in [1.29, 1.82) is 0 Å². The summed E-state index contributed by atoms with van der Waals surface area (Å²) in [5.74, 6) is -4.61. The standard InChI is InChI=1S/C33H52F4O2/c1-3-5-7-8-9-11-13-26-16-19-28(38-23-26)22-33(36,37)24-39-30-21-20-29(31(34)32(30)35)27-17-14-25(15-18-27)12-10-6-4-2/h20-21,25-28H,3-19,22-24H2,1-2H3. The summed E-state index contributed by atoms with van der Waals surface area (Å²) in [5.41, 5.74) is 0.352. The lowest BCUT2D eigenvalue weighted by molar-refractivity contribution is -0.108. The Hall–Kier alpha value is -1.30. The molecule has 3 rings (SSSR count). The van der Waals surface area contributed by atoms with Crippen molar-refractivity contribution in [3.8, 4) is 5.75 Å². The molecule has 2 nitrogen and oxygen atoms in total. The highest BCUT2D eigenvalue weighted by Crippen LogP contribution is 2.40. The van der Waals surface area contributed by atoms with Gasteiger partial charge in [-0.2, -0.15) is 4.39 Å². The van der Waals surface area contributed by atoms with E-state index in [1.807, 2.05) is 0 Å². The highest BCUT2D eigenvalue weighted by molar-refractivity contribution is 5.33. The highest BCUT2D eigenvalue weighted by Gasteiger charge is 2.36. The predicted octanol–water partition coefficient (Wildman–Crippen LogP) is 10.8. The molecule has 0 N–H and O–H groups in total. The monoisotopic (exact) mass is 556 g/mol. The zero-order valence-electron chi connectivity index (χ0n) is 24.4. The van der Waals surface area contributed by atoms with E-state index in [0.717, 1.165) is 38.5 Å². The first-order valence-corrected chi connectivity index (χ1v) is 15.9. The number of ether oxygens (including phenoxy) is 2. The van der Waals surface area contributed by atoms with Crippen molar-refractivity contribution < 1.29 is 27.0 Å². The number of hydrogen-bond donors (Lipinski definition) is 0. The number of alkyl halides is 2. The highest BCUT2D eigenvalue weighted by atomic mass is 19.3. The van der Waals surface area contributed by atoms with Crippen LogP contribution in [-0.4, -0.2) is 25.2 Å². The lowest BCUT2D eigenvalue weighted by atomic mass is 9.77. The number of rotatable bonds is 17. The second kappa shape index (κ2) is 16.8. The Labute approximate surface area is 234 Å². The molecule has 224 valence electrons. The van der Waals surface area contributed by atoms with Crippen LogP contribution in [0.1, 0.15) is 141 Å². The largest absolute Gasteiger partial charge is 0.484 e. The first kappa shape index (κ1) is 32.2. The quantitative estimate of drug-likeness (QED) is 0.140. The van der Waals surface area contributed by atoms with Crippen molar-refractivity contribution >= 4 is 0 Å². The molecule has 1 heterocycles. The van der Waals surface area contributed by atoms with E-state index in [2.05, 4.69) is 13.8 Å². The molecule has 1 aromatic rings. The van der Waals surface area contributed by atoms with Gasteiger partial charge in [0.1, 0.15) is 0 Å². The summed E-state index contributed by atoms with van der Waals surface area (Å²) in [5, 5.41) is 0. The van der Waals surface area contributed by atoms with E-state index in [-0.39, 0.29) is 5.92 Å². The van der Waals surface area contributed by atoms with Crippen LogP contribution < -0.4 is 4.74 Å². The smallest absolute Gasteiger partial charge is 0.283 e. The van der Waals surface area contributed by atoms with Gasteiger partial charge in [-0.05, 0) is 74.3 Å². The van der Waals surface area contributed by atoms with Crippen LogP contribution >= 0.6 is 0 Å². The van der Waals surface area contributed by atoms with Gasteiger partial charge in [-0.3, -0.25) is 0 Å². The van der Waals surface area contributed by atoms with Crippen molar-refractivity contribution in [1.82, 2.24) is 0 Å². The Balaban J connectivity index is 1.39. The molecule has 0 spiro atoms. The van der Waals surface area contributed by atoms with Crippen molar-refractivity contribution in [2.75, 3.05) is 13.2 Å². The molecular formula is C33H52F4O2. The molecule has 2 unspecified atom stereocenters. The average Bonchev–Trinajstić information content (AvgIpc) is 2.93. The molecule has 0 aromatic heterocycles. The zero-order valence-corrected chi connectivity index (χ0v) is 24.4. The summed E-state index contributed by atoms with van der Waals surface area (Å²) in [6, 6.07) is 2.85. The topological polar surface area (TPSA) is 18.5 Å². The molecule has 1 saturated carbocycles. The first-order chi connectivity index (χ1) is 18.8. The minimum atomic E-state index is -3.17. The van der Waals surface area contributed by atoms with E-state index in [0.29, 0.717) is 30.4 Å². The van der Waals surface area contributed by atoms with Crippen molar-refractivity contribution in [2.45, 2.75) is 147 Å². The predicted molar refractivity (Wildman–Crippen MR) is 151 cm³/mol. The van der Waals surface area contributed by atoms with E-state index in [1.54, 1.807) is 0 Å². The molecule has 0 amide bonds. The Morgan fingerprint density at radius 3 is 2.08 bits per heavy atom. The molecule has 1 saturated heterocycles. The summed E-state index contributed by atoms with van der Waals surface area (Å²) >= 11 is 0. The van der Waals surface area contributed by atoms with Gasteiger partial charge in [0.05, 0.1) is 6.10 Å². The van der Waals surface area contributed by atoms with E-state index >= 15 is 0 Å². The SMILES string of the molecule is CCCCCCCCC1CCC(CC(F)(F)COc2ccc(C3CCC(CCCCC)CC3)c(F)c2F)OC1. The van der Waals surface area contributed by atoms with Crippen LogP contribution in [0.3, 0.4) is 0 Å². The normalized spacial score (nSPS) is 24.2. The molecule has 6 heteroatoms. The molecule has 1 aromatic carbocycles. The number of hydrogen-bond acceptors (Lipinski definition) is 2. The molecule has 0 bridgehead atoms. The maximum atomic E-state index is 14.9. The minimum Gasteiger partial charge on any atom is -0.484 e. The van der Waals surface area contributed by atoms with E-state index in [1.165, 1.54) is 76.3 Å². The van der Waals surface area contributed by atoms with Crippen LogP contribution in [0.25, 0.3) is 0 Å². The number of benzene rings is 1. The molecule has 2 aliphatic rings. The van der Waals surface area contributed by atoms with Crippen LogP contribution in [0.4, 0.5) is 17.6 Å². The van der Waals surface area contributed by atoms with Crippen LogP contribution in [0, 0.1) is 23.5 Å². The molecule has 1 aliphatic heterocycles. The van der Waals surface area contributed by atoms with Crippen molar-refractivity contribution in [3.63, 3.8) is 0 Å². The molecule has 0 radical (unpaired) electrons. The number of halogens is 4. The second-order valence-corrected chi connectivity index (χ2v) is 12.3. The summed E-state index contributed by atoms with van der Waals surface area (Å²) in [7, 11) is 0. The molecule has 39 heavy (non-hydrogen) atoms. The zero-order chi connectivity index (χ0) is 28.1. The van der Waals surface area contributed by atoms with Gasteiger partial charge >= 0.3 is 0 Å². The van der Waals surface area contributed by atoms with E-state index in [9.17, 15) is 17.6 Å². The Morgan fingerprint density at radius 1 is 0.769 bits per heavy atom. The molecule has 2 fully saturated rings. The third-order valence-electron chi connectivity index (χ3n) is 8.97. The average molecular weight is 557 g/mol. The second-order valence-electron chi connectivity index (χ2n) is 12.3. The Morgan fingerprint density at radius 2 is 1.38 bits per heavy atom. The minimum absolute atomic E-state index is 0.0225. The van der Waals surface area contributed by atoms with Gasteiger partial charge in [0.15, 0.2) is 18.2 Å². The Bertz CT molecular complexity index is 814. The van der Waals surface area contributed by atoms with Gasteiger partial charge in [-0.1, -0.05) is 84.1 Å². The molecule has 1 aliphatic carbocycles. The lowest BCUT2D eigenvalue weighted by Gasteiger charge is -2.31. The molecular weight excluding hydrogens is 504 g/mol. The van der Waals surface area contributed by atoms with Gasteiger partial charge < -0.3 is 9.47 Å². The first-order valence-electron chi connectivity index (χ1n) is 15.9. The third-order valence-corrected chi connectivity index (χ3v) is 8.97. The fourth-order valence-electron chi connectivity index (χ4n) is 6.46. The van der Waals surface area contributed by atoms with Crippen LogP contribution in [0.5, 0.6) is 5.75 Å². The summed E-state index contributed by atoms with van der Waals surface area (Å²) in [6.07, 6.45) is 17.8. The van der Waals surface area contributed by atoms with Gasteiger partial charge in [0.2, 0.25) is 5.82 Å². The van der Waals surface area contributed by atoms with E-state index < -0.39 is 42.4 Å². The molecule has 2 atom stereocenters.